The third-order valence-corrected chi connectivity index (χ3v) is 2.65. The van der Waals surface area contributed by atoms with Crippen LogP contribution in [-0.2, 0) is 0 Å². The molecule has 106 valence electrons. The molecule has 0 aliphatic rings. The summed E-state index contributed by atoms with van der Waals surface area (Å²) in [5.74, 6) is 1.06. The van der Waals surface area contributed by atoms with E-state index in [4.69, 9.17) is 14.7 Å². The van der Waals surface area contributed by atoms with Crippen molar-refractivity contribution in [3.8, 4) is 17.6 Å². The maximum absolute atomic E-state index is 10.8. The number of hydrogen-bond donors (Lipinski definition) is 0. The maximum atomic E-state index is 10.8. The molecular formula is C15H12N2O4. The molecular weight excluding hydrogens is 272 g/mol. The van der Waals surface area contributed by atoms with E-state index in [1.807, 2.05) is 30.3 Å². The number of nitro benzene ring substituents is 1. The van der Waals surface area contributed by atoms with Crippen molar-refractivity contribution < 1.29 is 14.4 Å². The number of benzene rings is 2. The van der Waals surface area contributed by atoms with E-state index in [1.165, 1.54) is 18.2 Å². The summed E-state index contributed by atoms with van der Waals surface area (Å²) < 4.78 is 10.8. The van der Waals surface area contributed by atoms with Crippen LogP contribution in [0.5, 0.6) is 11.5 Å². The molecule has 0 aliphatic heterocycles. The molecule has 0 saturated carbocycles. The SMILES string of the molecule is N#Cc1ccc(OCCOc2ccccc2)cc1[N+](=O)[O-]. The smallest absolute Gasteiger partial charge is 0.290 e. The van der Waals surface area contributed by atoms with Crippen molar-refractivity contribution in [3.05, 3.63) is 64.2 Å². The molecule has 0 unspecified atom stereocenters. The number of nitro groups is 1. The van der Waals surface area contributed by atoms with Crippen LogP contribution in [0.4, 0.5) is 5.69 Å². The van der Waals surface area contributed by atoms with Gasteiger partial charge in [-0.15, -0.1) is 0 Å². The Morgan fingerprint density at radius 2 is 1.71 bits per heavy atom. The number of rotatable bonds is 6. The Kier molecular flexibility index (Phi) is 4.72. The van der Waals surface area contributed by atoms with Gasteiger partial charge >= 0.3 is 0 Å². The van der Waals surface area contributed by atoms with E-state index in [9.17, 15) is 10.1 Å². The topological polar surface area (TPSA) is 85.4 Å². The van der Waals surface area contributed by atoms with E-state index < -0.39 is 4.92 Å². The fraction of sp³-hybridized carbons (Fsp3) is 0.133. The summed E-state index contributed by atoms with van der Waals surface area (Å²) in [4.78, 5) is 10.2. The van der Waals surface area contributed by atoms with Gasteiger partial charge in [-0.05, 0) is 24.3 Å². The summed E-state index contributed by atoms with van der Waals surface area (Å²) in [7, 11) is 0. The van der Waals surface area contributed by atoms with Crippen molar-refractivity contribution in [2.75, 3.05) is 13.2 Å². The lowest BCUT2D eigenvalue weighted by Crippen LogP contribution is -2.09. The second-order valence-corrected chi connectivity index (χ2v) is 4.06. The van der Waals surface area contributed by atoms with Gasteiger partial charge < -0.3 is 9.47 Å². The Hall–Kier alpha value is -3.07. The second-order valence-electron chi connectivity index (χ2n) is 4.06. The van der Waals surface area contributed by atoms with E-state index in [0.29, 0.717) is 12.4 Å². The molecule has 2 aromatic rings. The van der Waals surface area contributed by atoms with Crippen LogP contribution in [0, 0.1) is 21.4 Å². The van der Waals surface area contributed by atoms with Gasteiger partial charge in [-0.1, -0.05) is 18.2 Å². The summed E-state index contributed by atoms with van der Waals surface area (Å²) in [6.07, 6.45) is 0. The van der Waals surface area contributed by atoms with Crippen molar-refractivity contribution in [1.82, 2.24) is 0 Å². The van der Waals surface area contributed by atoms with Crippen LogP contribution in [0.2, 0.25) is 0 Å². The molecule has 2 aromatic carbocycles. The van der Waals surface area contributed by atoms with E-state index in [0.717, 1.165) is 5.75 Å². The van der Waals surface area contributed by atoms with Gasteiger partial charge in [0.1, 0.15) is 36.3 Å². The molecule has 0 heterocycles. The maximum Gasteiger partial charge on any atom is 0.290 e. The minimum Gasteiger partial charge on any atom is -0.490 e. The standard InChI is InChI=1S/C15H12N2O4/c16-11-12-6-7-14(10-15(12)17(18)19)21-9-8-20-13-4-2-1-3-5-13/h1-7,10H,8-9H2. The van der Waals surface area contributed by atoms with Gasteiger partial charge in [0.15, 0.2) is 0 Å². The largest absolute Gasteiger partial charge is 0.490 e. The number of ether oxygens (including phenoxy) is 2. The van der Waals surface area contributed by atoms with E-state index in [-0.39, 0.29) is 17.9 Å². The molecule has 0 saturated heterocycles. The number of hydrogen-bond acceptors (Lipinski definition) is 5. The van der Waals surface area contributed by atoms with E-state index in [1.54, 1.807) is 6.07 Å². The molecule has 21 heavy (non-hydrogen) atoms. The molecule has 0 spiro atoms. The van der Waals surface area contributed by atoms with Crippen LogP contribution >= 0.6 is 0 Å². The van der Waals surface area contributed by atoms with Gasteiger partial charge in [0.05, 0.1) is 11.0 Å². The monoisotopic (exact) mass is 284 g/mol. The summed E-state index contributed by atoms with van der Waals surface area (Å²) in [6, 6.07) is 15.2. The van der Waals surface area contributed by atoms with E-state index in [2.05, 4.69) is 0 Å². The molecule has 0 radical (unpaired) electrons. The van der Waals surface area contributed by atoms with Crippen molar-refractivity contribution in [2.24, 2.45) is 0 Å². The molecule has 2 rings (SSSR count). The predicted molar refractivity (Wildman–Crippen MR) is 75.2 cm³/mol. The minimum atomic E-state index is -0.605. The highest BCUT2D eigenvalue weighted by Crippen LogP contribution is 2.24. The van der Waals surface area contributed by atoms with Crippen LogP contribution in [0.3, 0.4) is 0 Å². The number of nitriles is 1. The second kappa shape index (κ2) is 6.91. The minimum absolute atomic E-state index is 0.00730. The summed E-state index contributed by atoms with van der Waals surface area (Å²) in [5, 5.41) is 19.6. The Labute approximate surface area is 121 Å². The summed E-state index contributed by atoms with van der Waals surface area (Å²) in [5.41, 5.74) is -0.258. The summed E-state index contributed by atoms with van der Waals surface area (Å²) in [6.45, 7) is 0.565. The number of para-hydroxylation sites is 1. The lowest BCUT2D eigenvalue weighted by Gasteiger charge is -2.08. The molecule has 0 N–H and O–H groups in total. The highest BCUT2D eigenvalue weighted by atomic mass is 16.6. The van der Waals surface area contributed by atoms with Gasteiger partial charge in [-0.3, -0.25) is 10.1 Å². The molecule has 0 fully saturated rings. The van der Waals surface area contributed by atoms with Crippen molar-refractivity contribution >= 4 is 5.69 Å². The number of nitrogens with zero attached hydrogens (tertiary/aromatic N) is 2. The van der Waals surface area contributed by atoms with Gasteiger partial charge in [-0.25, -0.2) is 0 Å². The molecule has 6 nitrogen and oxygen atoms in total. The fourth-order valence-electron chi connectivity index (χ4n) is 1.68. The first-order valence-corrected chi connectivity index (χ1v) is 6.20. The lowest BCUT2D eigenvalue weighted by atomic mass is 10.2. The van der Waals surface area contributed by atoms with Crippen LogP contribution in [-0.4, -0.2) is 18.1 Å². The highest BCUT2D eigenvalue weighted by molar-refractivity contribution is 5.52. The Morgan fingerprint density at radius 3 is 2.33 bits per heavy atom. The fourth-order valence-corrected chi connectivity index (χ4v) is 1.68. The summed E-state index contributed by atoms with van der Waals surface area (Å²) >= 11 is 0. The van der Waals surface area contributed by atoms with Gasteiger partial charge in [0.2, 0.25) is 0 Å². The Morgan fingerprint density at radius 1 is 1.05 bits per heavy atom. The van der Waals surface area contributed by atoms with Gasteiger partial charge in [0.25, 0.3) is 5.69 Å². The van der Waals surface area contributed by atoms with Gasteiger partial charge in [-0.2, -0.15) is 5.26 Å². The zero-order valence-electron chi connectivity index (χ0n) is 11.1. The molecule has 0 atom stereocenters. The Balaban J connectivity index is 1.90. The first-order valence-electron chi connectivity index (χ1n) is 6.20. The van der Waals surface area contributed by atoms with Crippen molar-refractivity contribution in [2.45, 2.75) is 0 Å². The van der Waals surface area contributed by atoms with Crippen molar-refractivity contribution in [3.63, 3.8) is 0 Å². The van der Waals surface area contributed by atoms with Crippen LogP contribution in [0.1, 0.15) is 5.56 Å². The van der Waals surface area contributed by atoms with Gasteiger partial charge in [0, 0.05) is 0 Å². The van der Waals surface area contributed by atoms with Crippen LogP contribution in [0.25, 0.3) is 0 Å². The first kappa shape index (κ1) is 14.3. The third-order valence-electron chi connectivity index (χ3n) is 2.65. The zero-order valence-corrected chi connectivity index (χ0v) is 11.1. The van der Waals surface area contributed by atoms with E-state index >= 15 is 0 Å². The molecule has 0 aromatic heterocycles. The molecule has 0 amide bonds. The normalized spacial score (nSPS) is 9.67. The molecule has 6 heteroatoms. The van der Waals surface area contributed by atoms with Crippen LogP contribution in [0.15, 0.2) is 48.5 Å². The molecule has 0 aliphatic carbocycles. The average Bonchev–Trinajstić information content (AvgIpc) is 2.52. The highest BCUT2D eigenvalue weighted by Gasteiger charge is 2.14. The van der Waals surface area contributed by atoms with Crippen molar-refractivity contribution in [1.29, 1.82) is 5.26 Å². The third kappa shape index (κ3) is 3.94. The molecule has 0 bridgehead atoms. The Bertz CT molecular complexity index is 665. The quantitative estimate of drug-likeness (QED) is 0.462. The average molecular weight is 284 g/mol. The first-order chi connectivity index (χ1) is 10.2. The lowest BCUT2D eigenvalue weighted by molar-refractivity contribution is -0.385. The van der Waals surface area contributed by atoms with Crippen LogP contribution < -0.4 is 9.47 Å². The zero-order chi connectivity index (χ0) is 15.1. The predicted octanol–water partition coefficient (Wildman–Crippen LogP) is 2.92.